The zero-order valence-corrected chi connectivity index (χ0v) is 25.7. The van der Waals surface area contributed by atoms with Crippen LogP contribution in [-0.2, 0) is 38.2 Å². The maximum atomic E-state index is 14.6. The van der Waals surface area contributed by atoms with Gasteiger partial charge in [0.15, 0.2) is 17.0 Å². The van der Waals surface area contributed by atoms with Crippen molar-refractivity contribution >= 4 is 29.5 Å². The summed E-state index contributed by atoms with van der Waals surface area (Å²) in [5.41, 5.74) is -4.73. The van der Waals surface area contributed by atoms with Crippen LogP contribution in [0.4, 0.5) is 0 Å². The van der Waals surface area contributed by atoms with Crippen molar-refractivity contribution in [3.8, 4) is 0 Å². The van der Waals surface area contributed by atoms with E-state index in [9.17, 15) is 29.1 Å². The lowest BCUT2D eigenvalue weighted by Crippen LogP contribution is -2.70. The van der Waals surface area contributed by atoms with Crippen LogP contribution < -0.4 is 0 Å². The number of hydrogen-bond donors (Lipinski definition) is 1. The highest BCUT2D eigenvalue weighted by atomic mass is 16.6. The first-order valence-electron chi connectivity index (χ1n) is 14.4. The highest BCUT2D eigenvalue weighted by molar-refractivity contribution is 6.16. The van der Waals surface area contributed by atoms with Crippen LogP contribution >= 0.6 is 0 Å². The van der Waals surface area contributed by atoms with Crippen LogP contribution in [0.25, 0.3) is 0 Å². The molecule has 10 nitrogen and oxygen atoms in total. The number of carbonyl (C=O) groups excluding carboxylic acids is 5. The second-order valence-electron chi connectivity index (χ2n) is 13.2. The van der Waals surface area contributed by atoms with Gasteiger partial charge in [-0.15, -0.1) is 0 Å². The van der Waals surface area contributed by atoms with Crippen LogP contribution in [0, 0.1) is 33.5 Å². The second-order valence-corrected chi connectivity index (χ2v) is 13.2. The lowest BCUT2D eigenvalue weighted by Gasteiger charge is -2.63. The van der Waals surface area contributed by atoms with E-state index in [1.165, 1.54) is 26.2 Å². The molecule has 5 rings (SSSR count). The Kier molecular flexibility index (Phi) is 6.94. The number of allylic oxidation sites excluding steroid dienone is 4. The van der Waals surface area contributed by atoms with E-state index in [0.29, 0.717) is 12.0 Å². The Morgan fingerprint density at radius 2 is 1.77 bits per heavy atom. The van der Waals surface area contributed by atoms with E-state index in [-0.39, 0.29) is 11.5 Å². The lowest BCUT2D eigenvalue weighted by atomic mass is 9.40. The van der Waals surface area contributed by atoms with E-state index in [4.69, 9.17) is 18.6 Å². The van der Waals surface area contributed by atoms with Crippen molar-refractivity contribution in [1.29, 1.82) is 0 Å². The molecular formula is C33H38O10. The molecule has 1 fully saturated rings. The molecule has 4 aliphatic rings. The minimum Gasteiger partial charge on any atom is -0.504 e. The van der Waals surface area contributed by atoms with Crippen molar-refractivity contribution in [2.45, 2.75) is 73.0 Å². The molecule has 8 atom stereocenters. The highest BCUT2D eigenvalue weighted by Crippen LogP contribution is 2.72. The third-order valence-electron chi connectivity index (χ3n) is 10.5. The van der Waals surface area contributed by atoms with Crippen LogP contribution in [0.2, 0.25) is 0 Å². The van der Waals surface area contributed by atoms with E-state index < -0.39 is 80.9 Å². The average Bonchev–Trinajstić information content (AvgIpc) is 3.59. The molecule has 0 amide bonds. The fraction of sp³-hybridized carbons (Fsp3) is 0.545. The SMILES string of the molecule is COC(=O)[C@@]1(C)C(=O)C=C[C@@]2(C)C1=C(O)C(=O)[C@]1(C)C3=CC[C@@H](c4ccoc4)[C@@]3(C)[C@@H](OC(=O)C(C)C)[C@H](OC(C)=O)[C@H]12. The smallest absolute Gasteiger partial charge is 0.323 e. The predicted octanol–water partition coefficient (Wildman–Crippen LogP) is 4.55. The fourth-order valence-electron chi connectivity index (χ4n) is 8.63. The van der Waals surface area contributed by atoms with Crippen LogP contribution in [0.5, 0.6) is 0 Å². The minimum atomic E-state index is -2.03. The molecule has 230 valence electrons. The minimum absolute atomic E-state index is 0.133. The molecular weight excluding hydrogens is 556 g/mol. The number of furan rings is 1. The third kappa shape index (κ3) is 3.80. The first kappa shape index (κ1) is 30.5. The van der Waals surface area contributed by atoms with Gasteiger partial charge in [0.2, 0.25) is 5.78 Å². The van der Waals surface area contributed by atoms with E-state index in [2.05, 4.69) is 0 Å². The van der Waals surface area contributed by atoms with Gasteiger partial charge in [0.05, 0.1) is 31.0 Å². The zero-order valence-electron chi connectivity index (χ0n) is 25.7. The number of hydrogen-bond acceptors (Lipinski definition) is 10. The molecule has 0 aliphatic heterocycles. The summed E-state index contributed by atoms with van der Waals surface area (Å²) in [6.45, 7) is 11.2. The molecule has 1 aromatic heterocycles. The fourth-order valence-corrected chi connectivity index (χ4v) is 8.63. The van der Waals surface area contributed by atoms with Gasteiger partial charge >= 0.3 is 17.9 Å². The van der Waals surface area contributed by atoms with E-state index >= 15 is 0 Å². The number of Topliss-reactive ketones (excluding diaryl/α,β-unsaturated/α-hetero) is 1. The number of aliphatic hydroxyl groups is 1. The number of methoxy groups -OCH3 is 1. The molecule has 1 heterocycles. The average molecular weight is 595 g/mol. The maximum absolute atomic E-state index is 14.6. The maximum Gasteiger partial charge on any atom is 0.323 e. The van der Waals surface area contributed by atoms with Crippen molar-refractivity contribution in [3.05, 3.63) is 59.3 Å². The first-order chi connectivity index (χ1) is 20.0. The Balaban J connectivity index is 1.86. The quantitative estimate of drug-likeness (QED) is 0.223. The Bertz CT molecular complexity index is 1510. The monoisotopic (exact) mass is 594 g/mol. The molecule has 1 saturated carbocycles. The molecule has 1 N–H and O–H groups in total. The number of carbonyl (C=O) groups is 5. The van der Waals surface area contributed by atoms with E-state index in [1.807, 2.05) is 13.0 Å². The number of esters is 3. The summed E-state index contributed by atoms with van der Waals surface area (Å²) in [5.74, 6) is -6.09. The molecule has 0 aromatic carbocycles. The molecule has 10 heteroatoms. The third-order valence-corrected chi connectivity index (χ3v) is 10.5. The van der Waals surface area contributed by atoms with Gasteiger partial charge in [-0.1, -0.05) is 39.8 Å². The molecule has 0 unspecified atom stereocenters. The van der Waals surface area contributed by atoms with Gasteiger partial charge in [0, 0.05) is 35.2 Å². The van der Waals surface area contributed by atoms with Gasteiger partial charge in [0.25, 0.3) is 0 Å². The molecule has 0 radical (unpaired) electrons. The Morgan fingerprint density at radius 1 is 1.09 bits per heavy atom. The largest absolute Gasteiger partial charge is 0.504 e. The standard InChI is InChI=1S/C33H38O10/c1-16(2)28(38)43-27-23(42-17(3)34)25-30(4)13-11-21(35)33(7,29(39)40-8)24(30)22(36)26(37)32(25,6)20-10-9-19(31(20,27)5)18-12-14-41-15-18/h10-16,19,23,25,27,36H,9H2,1-8H3/t19-,23+,25-,27-,30-,31+,32+,33-/m0/s1. The van der Waals surface area contributed by atoms with Gasteiger partial charge in [-0.3, -0.25) is 24.0 Å². The summed E-state index contributed by atoms with van der Waals surface area (Å²) in [6, 6.07) is 1.81. The molecule has 4 aliphatic carbocycles. The Labute approximate surface area is 250 Å². The normalized spacial score (nSPS) is 38.2. The summed E-state index contributed by atoms with van der Waals surface area (Å²) in [4.78, 5) is 67.3. The number of ketones is 2. The number of rotatable bonds is 5. The van der Waals surface area contributed by atoms with Crippen molar-refractivity contribution in [2.75, 3.05) is 7.11 Å². The lowest BCUT2D eigenvalue weighted by molar-refractivity contribution is -0.209. The Morgan fingerprint density at radius 3 is 2.33 bits per heavy atom. The van der Waals surface area contributed by atoms with Gasteiger partial charge in [-0.25, -0.2) is 0 Å². The van der Waals surface area contributed by atoms with Crippen LogP contribution in [-0.4, -0.2) is 53.9 Å². The summed E-state index contributed by atoms with van der Waals surface area (Å²) < 4.78 is 22.8. The van der Waals surface area contributed by atoms with Gasteiger partial charge in [-0.05, 0) is 43.5 Å². The molecule has 0 spiro atoms. The molecule has 43 heavy (non-hydrogen) atoms. The van der Waals surface area contributed by atoms with Crippen LogP contribution in [0.1, 0.15) is 66.4 Å². The molecule has 0 bridgehead atoms. The summed E-state index contributed by atoms with van der Waals surface area (Å²) in [5, 5.41) is 11.7. The molecule has 1 aromatic rings. The van der Waals surface area contributed by atoms with Crippen LogP contribution in [0.3, 0.4) is 0 Å². The van der Waals surface area contributed by atoms with Crippen LogP contribution in [0.15, 0.2) is 58.1 Å². The highest BCUT2D eigenvalue weighted by Gasteiger charge is 2.75. The Hall–Kier alpha value is -3.95. The topological polar surface area (TPSA) is 146 Å². The van der Waals surface area contributed by atoms with E-state index in [1.54, 1.807) is 46.1 Å². The number of fused-ring (bicyclic) bond motifs is 5. The number of ether oxygens (including phenoxy) is 3. The number of aliphatic hydroxyl groups excluding tert-OH is 1. The van der Waals surface area contributed by atoms with Gasteiger partial charge < -0.3 is 23.7 Å². The molecule has 0 saturated heterocycles. The van der Waals surface area contributed by atoms with Crippen molar-refractivity contribution in [1.82, 2.24) is 0 Å². The van der Waals surface area contributed by atoms with Crippen molar-refractivity contribution in [3.63, 3.8) is 0 Å². The summed E-state index contributed by atoms with van der Waals surface area (Å²) in [7, 11) is 1.12. The van der Waals surface area contributed by atoms with E-state index in [0.717, 1.165) is 12.7 Å². The zero-order chi connectivity index (χ0) is 31.9. The van der Waals surface area contributed by atoms with Crippen molar-refractivity contribution < 1.29 is 47.7 Å². The summed E-state index contributed by atoms with van der Waals surface area (Å²) >= 11 is 0. The van der Waals surface area contributed by atoms with Gasteiger partial charge in [0.1, 0.15) is 12.2 Å². The predicted molar refractivity (Wildman–Crippen MR) is 151 cm³/mol. The second kappa shape index (κ2) is 9.79. The van der Waals surface area contributed by atoms with Gasteiger partial charge in [-0.2, -0.15) is 0 Å². The van der Waals surface area contributed by atoms with Crippen molar-refractivity contribution in [2.24, 2.45) is 33.5 Å². The summed E-state index contributed by atoms with van der Waals surface area (Å²) in [6.07, 6.45) is 6.00. The first-order valence-corrected chi connectivity index (χ1v) is 14.4.